The van der Waals surface area contributed by atoms with Gasteiger partial charge in [0.25, 0.3) is 0 Å². The molecule has 3 rings (SSSR count). The maximum atomic E-state index is 11.5. The van der Waals surface area contributed by atoms with Crippen molar-refractivity contribution >= 4 is 21.4 Å². The fourth-order valence-corrected chi connectivity index (χ4v) is 4.25. The largest absolute Gasteiger partial charge is 0.491 e. The van der Waals surface area contributed by atoms with Gasteiger partial charge in [0.05, 0.1) is 23.0 Å². The van der Waals surface area contributed by atoms with Gasteiger partial charge in [-0.3, -0.25) is 0 Å². The lowest BCUT2D eigenvalue weighted by molar-refractivity contribution is -0.0278. The summed E-state index contributed by atoms with van der Waals surface area (Å²) >= 11 is 1.62. The molecule has 0 amide bonds. The van der Waals surface area contributed by atoms with Crippen molar-refractivity contribution in [2.45, 2.75) is 31.9 Å². The normalized spacial score (nSPS) is 21.2. The molecule has 0 unspecified atom stereocenters. The van der Waals surface area contributed by atoms with Gasteiger partial charge in [-0.25, -0.2) is 18.1 Å². The van der Waals surface area contributed by atoms with Crippen LogP contribution in [0.5, 0.6) is 5.75 Å². The highest BCUT2D eigenvalue weighted by Gasteiger charge is 2.28. The van der Waals surface area contributed by atoms with Gasteiger partial charge in [0.1, 0.15) is 18.5 Å². The van der Waals surface area contributed by atoms with Gasteiger partial charge < -0.3 is 9.47 Å². The Bertz CT molecular complexity index is 802. The molecule has 0 aliphatic carbocycles. The van der Waals surface area contributed by atoms with Crippen LogP contribution in [0.1, 0.15) is 17.8 Å². The lowest BCUT2D eigenvalue weighted by Crippen LogP contribution is -2.49. The number of aromatic nitrogens is 1. The molecule has 25 heavy (non-hydrogen) atoms. The minimum absolute atomic E-state index is 0.249. The van der Waals surface area contributed by atoms with Crippen molar-refractivity contribution in [3.8, 4) is 17.0 Å². The molecule has 2 aromatic rings. The molecule has 2 heterocycles. The van der Waals surface area contributed by atoms with Crippen LogP contribution in [0.4, 0.5) is 0 Å². The summed E-state index contributed by atoms with van der Waals surface area (Å²) in [5, 5.41) is 3.07. The molecule has 1 aliphatic heterocycles. The highest BCUT2D eigenvalue weighted by molar-refractivity contribution is 7.88. The average molecular weight is 383 g/mol. The van der Waals surface area contributed by atoms with Gasteiger partial charge in [-0.2, -0.15) is 0 Å². The van der Waals surface area contributed by atoms with Crippen LogP contribution in [-0.2, 0) is 14.8 Å². The van der Waals surface area contributed by atoms with E-state index in [2.05, 4.69) is 9.71 Å². The SMILES string of the molecule is Cc1nc(-c2ccc(OC[C@H]3OCCC[C@@H]3NS(C)(=O)=O)cc2)cs1. The van der Waals surface area contributed by atoms with E-state index in [1.165, 1.54) is 6.26 Å². The fraction of sp³-hybridized carbons (Fsp3) is 0.471. The van der Waals surface area contributed by atoms with Crippen molar-refractivity contribution in [2.24, 2.45) is 0 Å². The van der Waals surface area contributed by atoms with E-state index < -0.39 is 10.0 Å². The second-order valence-corrected chi connectivity index (χ2v) is 8.98. The van der Waals surface area contributed by atoms with Crippen LogP contribution in [0.3, 0.4) is 0 Å². The first-order chi connectivity index (χ1) is 11.9. The van der Waals surface area contributed by atoms with Crippen LogP contribution in [0.15, 0.2) is 29.6 Å². The molecular formula is C17H22N2O4S2. The van der Waals surface area contributed by atoms with E-state index >= 15 is 0 Å². The molecule has 0 radical (unpaired) electrons. The van der Waals surface area contributed by atoms with Gasteiger partial charge in [0.2, 0.25) is 10.0 Å². The van der Waals surface area contributed by atoms with E-state index in [9.17, 15) is 8.42 Å². The number of hydrogen-bond donors (Lipinski definition) is 1. The predicted molar refractivity (Wildman–Crippen MR) is 98.5 cm³/mol. The molecule has 6 nitrogen and oxygen atoms in total. The Labute approximate surface area is 152 Å². The fourth-order valence-electron chi connectivity index (χ4n) is 2.81. The number of nitrogens with zero attached hydrogens (tertiary/aromatic N) is 1. The Balaban J connectivity index is 1.60. The third-order valence-corrected chi connectivity index (χ3v) is 5.49. The first-order valence-corrected chi connectivity index (χ1v) is 10.9. The Morgan fingerprint density at radius 1 is 1.36 bits per heavy atom. The van der Waals surface area contributed by atoms with E-state index in [-0.39, 0.29) is 12.1 Å². The number of thiazole rings is 1. The van der Waals surface area contributed by atoms with Crippen molar-refractivity contribution in [3.63, 3.8) is 0 Å². The minimum Gasteiger partial charge on any atom is -0.491 e. The quantitative estimate of drug-likeness (QED) is 0.831. The molecule has 2 atom stereocenters. The van der Waals surface area contributed by atoms with Crippen molar-refractivity contribution in [1.29, 1.82) is 0 Å². The zero-order valence-electron chi connectivity index (χ0n) is 14.3. The number of benzene rings is 1. The van der Waals surface area contributed by atoms with Gasteiger partial charge >= 0.3 is 0 Å². The van der Waals surface area contributed by atoms with Crippen LogP contribution < -0.4 is 9.46 Å². The van der Waals surface area contributed by atoms with Crippen LogP contribution >= 0.6 is 11.3 Å². The van der Waals surface area contributed by atoms with Gasteiger partial charge in [0.15, 0.2) is 0 Å². The average Bonchev–Trinajstić information content (AvgIpc) is 3.00. The molecule has 0 saturated carbocycles. The summed E-state index contributed by atoms with van der Waals surface area (Å²) in [6.07, 6.45) is 2.47. The molecule has 1 fully saturated rings. The molecule has 1 aromatic heterocycles. The standard InChI is InChI=1S/C17H22N2O4S2/c1-12-18-16(11-24-12)13-5-7-14(8-6-13)23-10-17-15(4-3-9-22-17)19-25(2,20)21/h5-8,11,15,17,19H,3-4,9-10H2,1-2H3/t15-,17+/m0/s1. The van der Waals surface area contributed by atoms with E-state index in [0.29, 0.717) is 13.2 Å². The summed E-state index contributed by atoms with van der Waals surface area (Å²) in [5.41, 5.74) is 2.00. The lowest BCUT2D eigenvalue weighted by Gasteiger charge is -2.31. The molecule has 0 bridgehead atoms. The Morgan fingerprint density at radius 2 is 2.12 bits per heavy atom. The number of aryl methyl sites for hydroxylation is 1. The predicted octanol–water partition coefficient (Wildman–Crippen LogP) is 2.59. The third kappa shape index (κ3) is 5.24. The van der Waals surface area contributed by atoms with Crippen molar-refractivity contribution in [1.82, 2.24) is 9.71 Å². The summed E-state index contributed by atoms with van der Waals surface area (Å²) in [7, 11) is -3.27. The number of sulfonamides is 1. The maximum Gasteiger partial charge on any atom is 0.209 e. The summed E-state index contributed by atoms with van der Waals surface area (Å²) in [6, 6.07) is 7.48. The zero-order valence-corrected chi connectivity index (χ0v) is 15.9. The lowest BCUT2D eigenvalue weighted by atomic mass is 10.0. The second-order valence-electron chi connectivity index (χ2n) is 6.14. The maximum absolute atomic E-state index is 11.5. The Kier molecular flexibility index (Phi) is 5.73. The molecule has 1 aliphatic rings. The Hall–Kier alpha value is -1.48. The summed E-state index contributed by atoms with van der Waals surface area (Å²) in [4.78, 5) is 4.47. The first-order valence-electron chi connectivity index (χ1n) is 8.15. The van der Waals surface area contributed by atoms with Crippen LogP contribution in [0.2, 0.25) is 0 Å². The number of ether oxygens (including phenoxy) is 2. The van der Waals surface area contributed by atoms with Crippen molar-refractivity contribution in [2.75, 3.05) is 19.5 Å². The smallest absolute Gasteiger partial charge is 0.209 e. The molecule has 1 aromatic carbocycles. The zero-order chi connectivity index (χ0) is 17.9. The molecule has 0 spiro atoms. The second kappa shape index (κ2) is 7.82. The van der Waals surface area contributed by atoms with E-state index in [1.54, 1.807) is 11.3 Å². The molecule has 1 saturated heterocycles. The van der Waals surface area contributed by atoms with Gasteiger partial charge in [0, 0.05) is 17.6 Å². The van der Waals surface area contributed by atoms with Gasteiger partial charge in [-0.1, -0.05) is 0 Å². The number of rotatable bonds is 6. The van der Waals surface area contributed by atoms with E-state index in [4.69, 9.17) is 9.47 Å². The van der Waals surface area contributed by atoms with Crippen LogP contribution in [0, 0.1) is 6.92 Å². The minimum atomic E-state index is -3.27. The monoisotopic (exact) mass is 382 g/mol. The van der Waals surface area contributed by atoms with Crippen molar-refractivity contribution < 1.29 is 17.9 Å². The molecule has 136 valence electrons. The summed E-state index contributed by atoms with van der Waals surface area (Å²) in [5.74, 6) is 0.725. The molecular weight excluding hydrogens is 360 g/mol. The van der Waals surface area contributed by atoms with Crippen molar-refractivity contribution in [3.05, 3.63) is 34.7 Å². The molecule has 8 heteroatoms. The number of hydrogen-bond acceptors (Lipinski definition) is 6. The first kappa shape index (κ1) is 18.3. The van der Waals surface area contributed by atoms with Crippen LogP contribution in [0.25, 0.3) is 11.3 Å². The highest BCUT2D eigenvalue weighted by Crippen LogP contribution is 2.24. The Morgan fingerprint density at radius 3 is 2.76 bits per heavy atom. The summed E-state index contributed by atoms with van der Waals surface area (Å²) < 4.78 is 37.1. The van der Waals surface area contributed by atoms with E-state index in [0.717, 1.165) is 34.9 Å². The van der Waals surface area contributed by atoms with Gasteiger partial charge in [-0.15, -0.1) is 11.3 Å². The third-order valence-electron chi connectivity index (χ3n) is 3.99. The summed E-state index contributed by atoms with van der Waals surface area (Å²) in [6.45, 7) is 2.91. The molecule has 1 N–H and O–H groups in total. The van der Waals surface area contributed by atoms with Crippen LogP contribution in [-0.4, -0.2) is 45.0 Å². The topological polar surface area (TPSA) is 77.5 Å². The van der Waals surface area contributed by atoms with Gasteiger partial charge in [-0.05, 0) is 44.0 Å². The number of nitrogens with one attached hydrogen (secondary N) is 1. The van der Waals surface area contributed by atoms with E-state index in [1.807, 2.05) is 36.6 Å². The highest BCUT2D eigenvalue weighted by atomic mass is 32.2.